The highest BCUT2D eigenvalue weighted by molar-refractivity contribution is 5.33. The van der Waals surface area contributed by atoms with Crippen molar-refractivity contribution < 1.29 is 0 Å². The van der Waals surface area contributed by atoms with Crippen molar-refractivity contribution in [2.24, 2.45) is 0 Å². The lowest BCUT2D eigenvalue weighted by Crippen LogP contribution is -2.38. The van der Waals surface area contributed by atoms with Gasteiger partial charge in [0.25, 0.3) is 0 Å². The SMILES string of the molecule is C=C1C=CC=C(CN2CCC2)C1. The van der Waals surface area contributed by atoms with Gasteiger partial charge in [0.2, 0.25) is 0 Å². The molecule has 12 heavy (non-hydrogen) atoms. The lowest BCUT2D eigenvalue weighted by atomic mass is 10.00. The second-order valence-electron chi connectivity index (χ2n) is 3.65. The van der Waals surface area contributed by atoms with E-state index < -0.39 is 0 Å². The van der Waals surface area contributed by atoms with Crippen LogP contribution in [-0.2, 0) is 0 Å². The van der Waals surface area contributed by atoms with Crippen LogP contribution in [0.25, 0.3) is 0 Å². The zero-order chi connectivity index (χ0) is 8.39. The van der Waals surface area contributed by atoms with Gasteiger partial charge in [-0.05, 0) is 25.9 Å². The van der Waals surface area contributed by atoms with Crippen LogP contribution in [0.15, 0.2) is 36.0 Å². The Morgan fingerprint density at radius 1 is 1.42 bits per heavy atom. The third kappa shape index (κ3) is 1.67. The second-order valence-corrected chi connectivity index (χ2v) is 3.65. The van der Waals surface area contributed by atoms with Gasteiger partial charge in [-0.3, -0.25) is 4.90 Å². The summed E-state index contributed by atoms with van der Waals surface area (Å²) in [5.41, 5.74) is 2.76. The Morgan fingerprint density at radius 3 is 2.83 bits per heavy atom. The van der Waals surface area contributed by atoms with Crippen molar-refractivity contribution in [2.75, 3.05) is 19.6 Å². The minimum atomic E-state index is 1.08. The molecule has 1 aliphatic carbocycles. The quantitative estimate of drug-likeness (QED) is 0.599. The average Bonchev–Trinajstić information content (AvgIpc) is 1.97. The molecule has 0 bridgehead atoms. The van der Waals surface area contributed by atoms with Crippen LogP contribution in [0.1, 0.15) is 12.8 Å². The molecule has 0 radical (unpaired) electrons. The van der Waals surface area contributed by atoms with E-state index in [9.17, 15) is 0 Å². The summed E-state index contributed by atoms with van der Waals surface area (Å²) in [4.78, 5) is 2.48. The Labute approximate surface area is 74.1 Å². The van der Waals surface area contributed by atoms with E-state index >= 15 is 0 Å². The molecule has 0 N–H and O–H groups in total. The van der Waals surface area contributed by atoms with Crippen molar-refractivity contribution >= 4 is 0 Å². The van der Waals surface area contributed by atoms with E-state index in [-0.39, 0.29) is 0 Å². The standard InChI is InChI=1S/C11H15N/c1-10-4-2-5-11(8-10)9-12-6-3-7-12/h2,4-5H,1,3,6-9H2. The van der Waals surface area contributed by atoms with Gasteiger partial charge in [0.05, 0.1) is 0 Å². The normalized spacial score (nSPS) is 23.7. The highest BCUT2D eigenvalue weighted by atomic mass is 15.2. The third-order valence-electron chi connectivity index (χ3n) is 2.49. The number of rotatable bonds is 2. The maximum Gasteiger partial charge on any atom is 0.0199 e. The van der Waals surface area contributed by atoms with Crippen molar-refractivity contribution in [3.05, 3.63) is 36.0 Å². The molecule has 0 aromatic carbocycles. The highest BCUT2D eigenvalue weighted by Crippen LogP contribution is 2.19. The summed E-state index contributed by atoms with van der Waals surface area (Å²) in [5.74, 6) is 0. The molecule has 2 rings (SSSR count). The minimum absolute atomic E-state index is 1.08. The molecule has 1 nitrogen and oxygen atoms in total. The van der Waals surface area contributed by atoms with Crippen LogP contribution >= 0.6 is 0 Å². The Balaban J connectivity index is 1.90. The first-order valence-corrected chi connectivity index (χ1v) is 4.61. The van der Waals surface area contributed by atoms with Gasteiger partial charge >= 0.3 is 0 Å². The van der Waals surface area contributed by atoms with Gasteiger partial charge < -0.3 is 0 Å². The largest absolute Gasteiger partial charge is 0.299 e. The molecule has 2 aliphatic rings. The number of hydrogen-bond acceptors (Lipinski definition) is 1. The van der Waals surface area contributed by atoms with Crippen LogP contribution in [0.5, 0.6) is 0 Å². The fraction of sp³-hybridized carbons (Fsp3) is 0.455. The average molecular weight is 161 g/mol. The number of likely N-dealkylation sites (tertiary alicyclic amines) is 1. The summed E-state index contributed by atoms with van der Waals surface area (Å²) >= 11 is 0. The monoisotopic (exact) mass is 161 g/mol. The fourth-order valence-electron chi connectivity index (χ4n) is 1.67. The summed E-state index contributed by atoms with van der Waals surface area (Å²) in [6.07, 6.45) is 8.89. The number of hydrogen-bond donors (Lipinski definition) is 0. The van der Waals surface area contributed by atoms with Gasteiger partial charge in [0.1, 0.15) is 0 Å². The molecule has 64 valence electrons. The van der Waals surface area contributed by atoms with Crippen LogP contribution in [0, 0.1) is 0 Å². The molecule has 1 saturated heterocycles. The van der Waals surface area contributed by atoms with E-state index in [0.29, 0.717) is 0 Å². The summed E-state index contributed by atoms with van der Waals surface area (Å²) < 4.78 is 0. The zero-order valence-corrected chi connectivity index (χ0v) is 7.42. The van der Waals surface area contributed by atoms with Crippen molar-refractivity contribution in [2.45, 2.75) is 12.8 Å². The van der Waals surface area contributed by atoms with Crippen molar-refractivity contribution in [3.63, 3.8) is 0 Å². The molecule has 0 spiro atoms. The van der Waals surface area contributed by atoms with Gasteiger partial charge in [-0.2, -0.15) is 0 Å². The molecule has 1 heteroatoms. The maximum atomic E-state index is 3.97. The van der Waals surface area contributed by atoms with Gasteiger partial charge in [-0.25, -0.2) is 0 Å². The van der Waals surface area contributed by atoms with Gasteiger partial charge in [0, 0.05) is 6.54 Å². The van der Waals surface area contributed by atoms with Crippen LogP contribution in [0.3, 0.4) is 0 Å². The third-order valence-corrected chi connectivity index (χ3v) is 2.49. The Kier molecular flexibility index (Phi) is 2.13. The summed E-state index contributed by atoms with van der Waals surface area (Å²) in [6, 6.07) is 0. The molecule has 1 heterocycles. The molecular weight excluding hydrogens is 146 g/mol. The molecule has 0 amide bonds. The summed E-state index contributed by atoms with van der Waals surface area (Å²) in [6.45, 7) is 7.70. The first-order chi connectivity index (χ1) is 5.84. The minimum Gasteiger partial charge on any atom is -0.299 e. The van der Waals surface area contributed by atoms with E-state index in [2.05, 4.69) is 29.7 Å². The molecule has 1 fully saturated rings. The molecule has 0 saturated carbocycles. The molecule has 0 unspecified atom stereocenters. The fourth-order valence-corrected chi connectivity index (χ4v) is 1.67. The predicted octanol–water partition coefficient (Wildman–Crippen LogP) is 2.13. The summed E-state index contributed by atoms with van der Waals surface area (Å²) in [5, 5.41) is 0. The molecule has 1 aliphatic heterocycles. The predicted molar refractivity (Wildman–Crippen MR) is 52.0 cm³/mol. The second kappa shape index (κ2) is 3.28. The maximum absolute atomic E-state index is 3.97. The van der Waals surface area contributed by atoms with E-state index in [1.54, 1.807) is 0 Å². The lowest BCUT2D eigenvalue weighted by Gasteiger charge is -2.32. The summed E-state index contributed by atoms with van der Waals surface area (Å²) in [7, 11) is 0. The number of allylic oxidation sites excluding steroid dienone is 4. The molecule has 0 aromatic rings. The first-order valence-electron chi connectivity index (χ1n) is 4.61. The zero-order valence-electron chi connectivity index (χ0n) is 7.42. The Hall–Kier alpha value is -0.820. The molecular formula is C11H15N. The smallest absolute Gasteiger partial charge is 0.0199 e. The lowest BCUT2D eigenvalue weighted by molar-refractivity contribution is 0.197. The van der Waals surface area contributed by atoms with E-state index in [4.69, 9.17) is 0 Å². The van der Waals surface area contributed by atoms with Crippen LogP contribution in [0.4, 0.5) is 0 Å². The van der Waals surface area contributed by atoms with Gasteiger partial charge in [-0.1, -0.05) is 36.0 Å². The highest BCUT2D eigenvalue weighted by Gasteiger charge is 2.15. The molecule has 0 aromatic heterocycles. The Morgan fingerprint density at radius 2 is 2.25 bits per heavy atom. The van der Waals surface area contributed by atoms with Crippen LogP contribution < -0.4 is 0 Å². The van der Waals surface area contributed by atoms with E-state index in [1.165, 1.54) is 30.7 Å². The molecule has 0 atom stereocenters. The van der Waals surface area contributed by atoms with Crippen molar-refractivity contribution in [1.29, 1.82) is 0 Å². The van der Waals surface area contributed by atoms with E-state index in [1.807, 2.05) is 0 Å². The first kappa shape index (κ1) is 7.81. The van der Waals surface area contributed by atoms with Crippen molar-refractivity contribution in [3.8, 4) is 0 Å². The van der Waals surface area contributed by atoms with Crippen molar-refractivity contribution in [1.82, 2.24) is 4.90 Å². The Bertz CT molecular complexity index is 244. The number of nitrogens with zero attached hydrogens (tertiary/aromatic N) is 1. The van der Waals surface area contributed by atoms with Gasteiger partial charge in [0.15, 0.2) is 0 Å². The van der Waals surface area contributed by atoms with Crippen LogP contribution in [0.2, 0.25) is 0 Å². The van der Waals surface area contributed by atoms with Gasteiger partial charge in [-0.15, -0.1) is 0 Å². The van der Waals surface area contributed by atoms with Crippen LogP contribution in [-0.4, -0.2) is 24.5 Å². The van der Waals surface area contributed by atoms with E-state index in [0.717, 1.165) is 13.0 Å². The topological polar surface area (TPSA) is 3.24 Å².